The summed E-state index contributed by atoms with van der Waals surface area (Å²) >= 11 is 1.53. The zero-order chi connectivity index (χ0) is 12.4. The summed E-state index contributed by atoms with van der Waals surface area (Å²) in [5.41, 5.74) is 1.77. The van der Waals surface area contributed by atoms with Crippen LogP contribution in [0.1, 0.15) is 25.7 Å². The van der Waals surface area contributed by atoms with Crippen LogP contribution in [0.4, 0.5) is 0 Å². The summed E-state index contributed by atoms with van der Waals surface area (Å²) in [5, 5.41) is 7.51. The van der Waals surface area contributed by atoms with E-state index in [1.165, 1.54) is 24.2 Å². The Hall–Kier alpha value is -1.27. The molecule has 0 saturated heterocycles. The molecular weight excluding hydrogens is 248 g/mol. The molecule has 2 aromatic heterocycles. The largest absolute Gasteiger partial charge is 0.339 e. The third kappa shape index (κ3) is 2.59. The van der Waals surface area contributed by atoms with Crippen LogP contribution in [0, 0.1) is 5.92 Å². The van der Waals surface area contributed by atoms with Gasteiger partial charge in [0.15, 0.2) is 0 Å². The lowest BCUT2D eigenvalue weighted by Gasteiger charge is -2.14. The van der Waals surface area contributed by atoms with Gasteiger partial charge in [0, 0.05) is 18.7 Å². The van der Waals surface area contributed by atoms with E-state index in [2.05, 4.69) is 27.4 Å². The molecule has 0 bridgehead atoms. The number of rotatable bonds is 6. The maximum Gasteiger partial charge on any atom is 0.228 e. The van der Waals surface area contributed by atoms with Gasteiger partial charge in [-0.25, -0.2) is 0 Å². The van der Waals surface area contributed by atoms with E-state index in [-0.39, 0.29) is 0 Å². The van der Waals surface area contributed by atoms with Crippen LogP contribution < -0.4 is 5.32 Å². The zero-order valence-electron chi connectivity index (χ0n) is 10.3. The van der Waals surface area contributed by atoms with Gasteiger partial charge in [-0.1, -0.05) is 12.1 Å². The summed E-state index contributed by atoms with van der Waals surface area (Å²) in [7, 11) is 0. The van der Waals surface area contributed by atoms with Crippen molar-refractivity contribution < 1.29 is 4.52 Å². The van der Waals surface area contributed by atoms with Crippen molar-refractivity contribution in [3.63, 3.8) is 0 Å². The predicted octanol–water partition coefficient (Wildman–Crippen LogP) is 2.12. The van der Waals surface area contributed by atoms with Crippen LogP contribution in [0.3, 0.4) is 0 Å². The lowest BCUT2D eigenvalue weighted by atomic mass is 10.1. The molecule has 3 rings (SSSR count). The van der Waals surface area contributed by atoms with Crippen molar-refractivity contribution >= 4 is 11.3 Å². The number of nitrogens with one attached hydrogen (secondary N) is 1. The molecule has 6 heteroatoms. The second-order valence-electron chi connectivity index (χ2n) is 4.58. The smallest absolute Gasteiger partial charge is 0.228 e. The lowest BCUT2D eigenvalue weighted by molar-refractivity contribution is 0.348. The van der Waals surface area contributed by atoms with Crippen LogP contribution >= 0.6 is 11.3 Å². The van der Waals surface area contributed by atoms with E-state index in [0.717, 1.165) is 29.7 Å². The Morgan fingerprint density at radius 3 is 3.11 bits per heavy atom. The van der Waals surface area contributed by atoms with Crippen LogP contribution in [0.2, 0.25) is 0 Å². The molecule has 1 atom stereocenters. The highest BCUT2D eigenvalue weighted by Crippen LogP contribution is 2.34. The number of hydrogen-bond donors (Lipinski definition) is 1. The Morgan fingerprint density at radius 2 is 2.44 bits per heavy atom. The number of thiazole rings is 1. The first-order valence-electron chi connectivity index (χ1n) is 6.31. The molecule has 1 aliphatic carbocycles. The van der Waals surface area contributed by atoms with Gasteiger partial charge in [-0.15, -0.1) is 11.3 Å². The maximum atomic E-state index is 5.32. The molecular formula is C12H16N4OS. The Balaban J connectivity index is 1.69. The molecule has 2 heterocycles. The fraction of sp³-hybridized carbons (Fsp3) is 0.583. The van der Waals surface area contributed by atoms with Gasteiger partial charge in [0.05, 0.1) is 10.4 Å². The average Bonchev–Trinajstić information content (AvgIpc) is 2.90. The van der Waals surface area contributed by atoms with Crippen LogP contribution in [0.5, 0.6) is 0 Å². The summed E-state index contributed by atoms with van der Waals surface area (Å²) < 4.78 is 5.32. The normalized spacial score (nSPS) is 16.9. The second-order valence-corrected chi connectivity index (χ2v) is 5.47. The first-order chi connectivity index (χ1) is 8.86. The minimum absolute atomic E-state index is 0.477. The molecule has 1 N–H and O–H groups in total. The fourth-order valence-electron chi connectivity index (χ4n) is 2.12. The number of nitrogens with zero attached hydrogens (tertiary/aromatic N) is 3. The zero-order valence-corrected chi connectivity index (χ0v) is 11.1. The minimum atomic E-state index is 0.477. The van der Waals surface area contributed by atoms with Crippen molar-refractivity contribution in [1.29, 1.82) is 0 Å². The van der Waals surface area contributed by atoms with E-state index in [9.17, 15) is 0 Å². The predicted molar refractivity (Wildman–Crippen MR) is 69.3 cm³/mol. The summed E-state index contributed by atoms with van der Waals surface area (Å²) in [4.78, 5) is 9.41. The topological polar surface area (TPSA) is 63.8 Å². The van der Waals surface area contributed by atoms with Gasteiger partial charge in [0.2, 0.25) is 11.7 Å². The third-order valence-corrected chi connectivity index (χ3v) is 3.94. The highest BCUT2D eigenvalue weighted by atomic mass is 32.1. The van der Waals surface area contributed by atoms with Crippen molar-refractivity contribution in [3.05, 3.63) is 17.6 Å². The Kier molecular flexibility index (Phi) is 3.38. The molecule has 18 heavy (non-hydrogen) atoms. The van der Waals surface area contributed by atoms with Crippen LogP contribution in [0.25, 0.3) is 10.7 Å². The first-order valence-corrected chi connectivity index (χ1v) is 7.19. The Morgan fingerprint density at radius 1 is 1.56 bits per heavy atom. The number of hydrogen-bond acceptors (Lipinski definition) is 6. The van der Waals surface area contributed by atoms with Gasteiger partial charge in [-0.3, -0.25) is 4.98 Å². The Labute approximate surface area is 110 Å². The second kappa shape index (κ2) is 5.16. The summed E-state index contributed by atoms with van der Waals surface area (Å²) in [6.07, 6.45) is 5.22. The van der Waals surface area contributed by atoms with Gasteiger partial charge in [0.25, 0.3) is 0 Å². The average molecular weight is 264 g/mol. The molecule has 1 unspecified atom stereocenters. The molecule has 0 aliphatic heterocycles. The summed E-state index contributed by atoms with van der Waals surface area (Å²) in [5.74, 6) is 2.15. The van der Waals surface area contributed by atoms with E-state index in [0.29, 0.717) is 11.9 Å². The SMILES string of the molecule is CCNC(Cc1nc(-c2cncs2)no1)C1CC1. The first kappa shape index (κ1) is 11.8. The van der Waals surface area contributed by atoms with E-state index in [1.807, 2.05) is 0 Å². The van der Waals surface area contributed by atoms with E-state index in [4.69, 9.17) is 4.52 Å². The highest BCUT2D eigenvalue weighted by molar-refractivity contribution is 7.13. The standard InChI is InChI=1S/C12H16N4OS/c1-2-14-9(8-3-4-8)5-11-15-12(16-17-11)10-6-13-7-18-10/h6-9,14H,2-5H2,1H3. The molecule has 1 fully saturated rings. The molecule has 2 aromatic rings. The maximum absolute atomic E-state index is 5.32. The van der Waals surface area contributed by atoms with Crippen LogP contribution in [0.15, 0.2) is 16.2 Å². The lowest BCUT2D eigenvalue weighted by Crippen LogP contribution is -2.33. The van der Waals surface area contributed by atoms with Gasteiger partial charge in [0.1, 0.15) is 0 Å². The molecule has 0 amide bonds. The fourth-order valence-corrected chi connectivity index (χ4v) is 2.66. The van der Waals surface area contributed by atoms with Crippen molar-refractivity contribution in [2.24, 2.45) is 5.92 Å². The number of aromatic nitrogens is 3. The minimum Gasteiger partial charge on any atom is -0.339 e. The van der Waals surface area contributed by atoms with Crippen LogP contribution in [-0.2, 0) is 6.42 Å². The third-order valence-electron chi connectivity index (χ3n) is 3.17. The van der Waals surface area contributed by atoms with Crippen molar-refractivity contribution in [2.75, 3.05) is 6.54 Å². The molecule has 5 nitrogen and oxygen atoms in total. The monoisotopic (exact) mass is 264 g/mol. The van der Waals surface area contributed by atoms with E-state index in [1.54, 1.807) is 11.7 Å². The van der Waals surface area contributed by atoms with Gasteiger partial charge >= 0.3 is 0 Å². The summed E-state index contributed by atoms with van der Waals surface area (Å²) in [6, 6.07) is 0.477. The molecule has 0 aromatic carbocycles. The Bertz CT molecular complexity index is 492. The van der Waals surface area contributed by atoms with Gasteiger partial charge in [-0.2, -0.15) is 4.98 Å². The molecule has 1 saturated carbocycles. The van der Waals surface area contributed by atoms with Crippen molar-refractivity contribution in [2.45, 2.75) is 32.2 Å². The van der Waals surface area contributed by atoms with Crippen molar-refractivity contribution in [3.8, 4) is 10.7 Å². The molecule has 1 aliphatic rings. The molecule has 0 spiro atoms. The highest BCUT2D eigenvalue weighted by Gasteiger charge is 2.31. The van der Waals surface area contributed by atoms with E-state index >= 15 is 0 Å². The molecule has 96 valence electrons. The van der Waals surface area contributed by atoms with Crippen molar-refractivity contribution in [1.82, 2.24) is 20.4 Å². The van der Waals surface area contributed by atoms with Gasteiger partial charge < -0.3 is 9.84 Å². The molecule has 0 radical (unpaired) electrons. The van der Waals surface area contributed by atoms with E-state index < -0.39 is 0 Å². The summed E-state index contributed by atoms with van der Waals surface area (Å²) in [6.45, 7) is 3.11. The van der Waals surface area contributed by atoms with Gasteiger partial charge in [-0.05, 0) is 25.3 Å². The number of likely N-dealkylation sites (N-methyl/N-ethyl adjacent to an activating group) is 1. The quantitative estimate of drug-likeness (QED) is 0.866. The van der Waals surface area contributed by atoms with Crippen LogP contribution in [-0.4, -0.2) is 27.7 Å².